The smallest absolute Gasteiger partial charge is 0.254 e. The van der Waals surface area contributed by atoms with E-state index in [0.29, 0.717) is 15.8 Å². The summed E-state index contributed by atoms with van der Waals surface area (Å²) in [5, 5.41) is 0.674. The molecule has 2 aromatic carbocycles. The summed E-state index contributed by atoms with van der Waals surface area (Å²) in [7, 11) is -3.49. The number of hydrogen-bond donors (Lipinski definition) is 2. The normalized spacial score (nSPS) is 16.5. The summed E-state index contributed by atoms with van der Waals surface area (Å²) in [6.07, 6.45) is 7.91. The van der Waals surface area contributed by atoms with Crippen LogP contribution in [0.5, 0.6) is 0 Å². The first-order chi connectivity index (χ1) is 16.5. The number of nitrogens with zero attached hydrogens (tertiary/aromatic N) is 1. The first kappa shape index (κ1) is 23.3. The molecule has 34 heavy (non-hydrogen) atoms. The Morgan fingerprint density at radius 1 is 0.912 bits per heavy atom. The van der Waals surface area contributed by atoms with Gasteiger partial charge in [-0.3, -0.25) is 4.79 Å². The van der Waals surface area contributed by atoms with Crippen molar-refractivity contribution in [3.63, 3.8) is 0 Å². The lowest BCUT2D eigenvalue weighted by molar-refractivity contribution is 0.412. The number of fused-ring (bicyclic) bond motifs is 1. The Morgan fingerprint density at radius 3 is 2.29 bits per heavy atom. The Labute approximate surface area is 204 Å². The molecule has 0 amide bonds. The second-order valence-electron chi connectivity index (χ2n) is 9.12. The number of sulfonamides is 1. The lowest BCUT2D eigenvalue weighted by Gasteiger charge is -2.22. The molecule has 8 heteroatoms. The summed E-state index contributed by atoms with van der Waals surface area (Å²) in [5.74, 6) is 0.714. The van der Waals surface area contributed by atoms with E-state index in [4.69, 9.17) is 0 Å². The standard InChI is InChI=1S/C26H29N3O3S2/c30-25-23-7-4-8-24(23)27-26(28-25)33-17-18-9-11-19(12-10-18)20-13-15-22(16-14-20)34(31,32)29-21-5-2-1-3-6-21/h9-16,21,29H,1-8,17H2,(H,27,28,30). The third-order valence-electron chi connectivity index (χ3n) is 6.67. The zero-order valence-electron chi connectivity index (χ0n) is 19.0. The fraction of sp³-hybridized carbons (Fsp3) is 0.385. The number of aromatic amines is 1. The van der Waals surface area contributed by atoms with E-state index in [-0.39, 0.29) is 11.6 Å². The molecule has 3 aromatic rings. The van der Waals surface area contributed by atoms with Crippen LogP contribution in [0.3, 0.4) is 0 Å². The minimum Gasteiger partial charge on any atom is -0.301 e. The first-order valence-electron chi connectivity index (χ1n) is 11.9. The third kappa shape index (κ3) is 5.29. The summed E-state index contributed by atoms with van der Waals surface area (Å²) in [6, 6.07) is 15.3. The van der Waals surface area contributed by atoms with Crippen molar-refractivity contribution >= 4 is 21.8 Å². The van der Waals surface area contributed by atoms with Crippen LogP contribution in [-0.2, 0) is 28.6 Å². The average Bonchev–Trinajstić information content (AvgIpc) is 3.33. The van der Waals surface area contributed by atoms with Crippen LogP contribution in [0.1, 0.15) is 55.3 Å². The van der Waals surface area contributed by atoms with Crippen molar-refractivity contribution in [2.24, 2.45) is 0 Å². The van der Waals surface area contributed by atoms with Crippen LogP contribution in [-0.4, -0.2) is 24.4 Å². The van der Waals surface area contributed by atoms with E-state index in [9.17, 15) is 13.2 Å². The largest absolute Gasteiger partial charge is 0.301 e. The summed E-state index contributed by atoms with van der Waals surface area (Å²) in [4.78, 5) is 20.0. The van der Waals surface area contributed by atoms with E-state index in [2.05, 4.69) is 26.8 Å². The van der Waals surface area contributed by atoms with Crippen molar-refractivity contribution in [2.45, 2.75) is 73.2 Å². The summed E-state index contributed by atoms with van der Waals surface area (Å²) >= 11 is 1.53. The lowest BCUT2D eigenvalue weighted by Crippen LogP contribution is -2.36. The Bertz CT molecular complexity index is 1310. The van der Waals surface area contributed by atoms with Crippen LogP contribution < -0.4 is 10.3 Å². The van der Waals surface area contributed by atoms with Gasteiger partial charge < -0.3 is 4.98 Å². The van der Waals surface area contributed by atoms with Gasteiger partial charge in [-0.1, -0.05) is 67.4 Å². The molecule has 1 aromatic heterocycles. The molecular weight excluding hydrogens is 466 g/mol. The van der Waals surface area contributed by atoms with E-state index < -0.39 is 10.0 Å². The molecule has 1 fully saturated rings. The first-order valence-corrected chi connectivity index (χ1v) is 14.4. The number of benzene rings is 2. The molecule has 2 aliphatic rings. The molecule has 0 atom stereocenters. The fourth-order valence-corrected chi connectivity index (χ4v) is 6.91. The Kier molecular flexibility index (Phi) is 6.90. The van der Waals surface area contributed by atoms with Crippen molar-refractivity contribution in [1.82, 2.24) is 14.7 Å². The predicted molar refractivity (Wildman–Crippen MR) is 136 cm³/mol. The van der Waals surface area contributed by atoms with Crippen molar-refractivity contribution in [2.75, 3.05) is 0 Å². The average molecular weight is 496 g/mol. The van der Waals surface area contributed by atoms with E-state index in [0.717, 1.165) is 72.9 Å². The molecule has 0 spiro atoms. The molecule has 0 aliphatic heterocycles. The highest BCUT2D eigenvalue weighted by molar-refractivity contribution is 7.98. The Balaban J connectivity index is 1.22. The van der Waals surface area contributed by atoms with E-state index in [1.54, 1.807) is 12.1 Å². The predicted octanol–water partition coefficient (Wildman–Crippen LogP) is 4.83. The van der Waals surface area contributed by atoms with Gasteiger partial charge in [0.25, 0.3) is 5.56 Å². The van der Waals surface area contributed by atoms with E-state index in [1.807, 2.05) is 24.3 Å². The van der Waals surface area contributed by atoms with Gasteiger partial charge >= 0.3 is 0 Å². The van der Waals surface area contributed by atoms with Crippen molar-refractivity contribution in [3.8, 4) is 11.1 Å². The number of H-pyrrole nitrogens is 1. The fourth-order valence-electron chi connectivity index (χ4n) is 4.77. The second kappa shape index (κ2) is 10.1. The van der Waals surface area contributed by atoms with E-state index in [1.165, 1.54) is 18.2 Å². The number of aryl methyl sites for hydroxylation is 1. The van der Waals surface area contributed by atoms with Crippen LogP contribution in [0.15, 0.2) is 63.4 Å². The van der Waals surface area contributed by atoms with Crippen molar-refractivity contribution < 1.29 is 8.42 Å². The molecule has 0 saturated heterocycles. The van der Waals surface area contributed by atoms with Crippen LogP contribution in [0.2, 0.25) is 0 Å². The summed E-state index contributed by atoms with van der Waals surface area (Å²) in [6.45, 7) is 0. The number of thioether (sulfide) groups is 1. The second-order valence-corrected chi connectivity index (χ2v) is 11.8. The van der Waals surface area contributed by atoms with Gasteiger partial charge in [0.05, 0.1) is 10.6 Å². The molecule has 1 saturated carbocycles. The topological polar surface area (TPSA) is 91.9 Å². The van der Waals surface area contributed by atoms with Gasteiger partial charge in [-0.05, 0) is 60.9 Å². The van der Waals surface area contributed by atoms with Crippen LogP contribution in [0, 0.1) is 0 Å². The minimum atomic E-state index is -3.49. The Hall–Kier alpha value is -2.42. The quantitative estimate of drug-likeness (QED) is 0.362. The molecule has 2 N–H and O–H groups in total. The molecular formula is C26H29N3O3S2. The summed E-state index contributed by atoms with van der Waals surface area (Å²) in [5.41, 5.74) is 4.92. The highest BCUT2D eigenvalue weighted by Gasteiger charge is 2.22. The minimum absolute atomic E-state index is 0.000231. The van der Waals surface area contributed by atoms with Crippen LogP contribution in [0.25, 0.3) is 11.1 Å². The van der Waals surface area contributed by atoms with Gasteiger partial charge in [0, 0.05) is 17.4 Å². The van der Waals surface area contributed by atoms with Crippen molar-refractivity contribution in [3.05, 3.63) is 75.7 Å². The van der Waals surface area contributed by atoms with Gasteiger partial charge in [-0.15, -0.1) is 0 Å². The zero-order chi connectivity index (χ0) is 23.5. The number of aromatic nitrogens is 2. The van der Waals surface area contributed by atoms with Gasteiger partial charge in [0.2, 0.25) is 10.0 Å². The van der Waals surface area contributed by atoms with Crippen LogP contribution >= 0.6 is 11.8 Å². The molecule has 2 aliphatic carbocycles. The maximum Gasteiger partial charge on any atom is 0.254 e. The van der Waals surface area contributed by atoms with Crippen LogP contribution in [0.4, 0.5) is 0 Å². The third-order valence-corrected chi connectivity index (χ3v) is 9.16. The maximum atomic E-state index is 12.7. The maximum absolute atomic E-state index is 12.7. The lowest BCUT2D eigenvalue weighted by atomic mass is 9.96. The number of nitrogens with one attached hydrogen (secondary N) is 2. The molecule has 5 rings (SSSR count). The molecule has 0 bridgehead atoms. The number of rotatable bonds is 7. The van der Waals surface area contributed by atoms with Gasteiger partial charge in [0.1, 0.15) is 0 Å². The highest BCUT2D eigenvalue weighted by atomic mass is 32.2. The molecule has 1 heterocycles. The molecule has 178 valence electrons. The SMILES string of the molecule is O=c1[nH]c(SCc2ccc(-c3ccc(S(=O)(=O)NC4CCCCC4)cc3)cc2)nc2c1CCC2. The molecule has 0 unspecified atom stereocenters. The summed E-state index contributed by atoms with van der Waals surface area (Å²) < 4.78 is 28.3. The van der Waals surface area contributed by atoms with E-state index >= 15 is 0 Å². The Morgan fingerprint density at radius 2 is 1.59 bits per heavy atom. The monoisotopic (exact) mass is 495 g/mol. The van der Waals surface area contributed by atoms with Gasteiger partial charge in [0.15, 0.2) is 5.16 Å². The molecule has 0 radical (unpaired) electrons. The highest BCUT2D eigenvalue weighted by Crippen LogP contribution is 2.26. The number of hydrogen-bond acceptors (Lipinski definition) is 5. The van der Waals surface area contributed by atoms with Gasteiger partial charge in [-0.2, -0.15) is 0 Å². The zero-order valence-corrected chi connectivity index (χ0v) is 20.7. The van der Waals surface area contributed by atoms with Crippen molar-refractivity contribution in [1.29, 1.82) is 0 Å². The van der Waals surface area contributed by atoms with Gasteiger partial charge in [-0.25, -0.2) is 18.1 Å². The molecule has 6 nitrogen and oxygen atoms in total.